The molecule has 2 nitrogen and oxygen atoms in total. The molecule has 1 aliphatic carbocycles. The van der Waals surface area contributed by atoms with Crippen molar-refractivity contribution < 1.29 is 0 Å². The molecule has 0 aromatic heterocycles. The summed E-state index contributed by atoms with van der Waals surface area (Å²) in [5.74, 6) is 0. The van der Waals surface area contributed by atoms with E-state index in [9.17, 15) is 0 Å². The fourth-order valence-corrected chi connectivity index (χ4v) is 3.08. The van der Waals surface area contributed by atoms with Crippen LogP contribution in [0.5, 0.6) is 0 Å². The van der Waals surface area contributed by atoms with E-state index in [1.165, 1.54) is 71.1 Å². The van der Waals surface area contributed by atoms with E-state index in [4.69, 9.17) is 0 Å². The van der Waals surface area contributed by atoms with Gasteiger partial charge in [0, 0.05) is 13.1 Å². The third-order valence-electron chi connectivity index (χ3n) is 4.24. The molecule has 0 radical (unpaired) electrons. The van der Waals surface area contributed by atoms with Crippen LogP contribution in [0.4, 0.5) is 0 Å². The van der Waals surface area contributed by atoms with Gasteiger partial charge in [-0.3, -0.25) is 0 Å². The van der Waals surface area contributed by atoms with Gasteiger partial charge in [-0.1, -0.05) is 39.5 Å². The SMILES string of the molecule is CCCNCC1(CN(C)CC)CCCCCC1. The first-order valence-corrected chi connectivity index (χ1v) is 7.62. The average molecular weight is 240 g/mol. The molecule has 0 aromatic rings. The van der Waals surface area contributed by atoms with Gasteiger partial charge in [0.05, 0.1) is 0 Å². The molecule has 0 spiro atoms. The maximum Gasteiger partial charge on any atom is 0.00470 e. The molecule has 0 saturated heterocycles. The Morgan fingerprint density at radius 1 is 1.06 bits per heavy atom. The van der Waals surface area contributed by atoms with Gasteiger partial charge in [-0.15, -0.1) is 0 Å². The fourth-order valence-electron chi connectivity index (χ4n) is 3.08. The van der Waals surface area contributed by atoms with Crippen molar-refractivity contribution in [3.8, 4) is 0 Å². The standard InChI is InChI=1S/C15H32N2/c1-4-12-16-13-15(14-17(3)5-2)10-8-6-7-9-11-15/h16H,4-14H2,1-3H3. The normalized spacial score (nSPS) is 20.5. The number of nitrogens with zero attached hydrogens (tertiary/aromatic N) is 1. The Bertz CT molecular complexity index is 183. The van der Waals surface area contributed by atoms with Crippen molar-refractivity contribution >= 4 is 0 Å². The average Bonchev–Trinajstić information content (AvgIpc) is 2.55. The third-order valence-corrected chi connectivity index (χ3v) is 4.24. The monoisotopic (exact) mass is 240 g/mol. The van der Waals surface area contributed by atoms with Crippen LogP contribution in [0, 0.1) is 5.41 Å². The molecular formula is C15H32N2. The van der Waals surface area contributed by atoms with E-state index in [1.54, 1.807) is 0 Å². The van der Waals surface area contributed by atoms with Crippen molar-refractivity contribution in [2.45, 2.75) is 58.8 Å². The molecule has 1 N–H and O–H groups in total. The molecule has 0 heterocycles. The molecule has 0 bridgehead atoms. The lowest BCUT2D eigenvalue weighted by atomic mass is 9.79. The summed E-state index contributed by atoms with van der Waals surface area (Å²) in [6, 6.07) is 0. The van der Waals surface area contributed by atoms with E-state index < -0.39 is 0 Å². The van der Waals surface area contributed by atoms with Crippen LogP contribution in [0.3, 0.4) is 0 Å². The summed E-state index contributed by atoms with van der Waals surface area (Å²) >= 11 is 0. The van der Waals surface area contributed by atoms with Gasteiger partial charge in [0.15, 0.2) is 0 Å². The van der Waals surface area contributed by atoms with Crippen molar-refractivity contribution in [2.24, 2.45) is 5.41 Å². The minimum absolute atomic E-state index is 0.552. The fraction of sp³-hybridized carbons (Fsp3) is 1.00. The van der Waals surface area contributed by atoms with Crippen LogP contribution in [0.1, 0.15) is 58.8 Å². The van der Waals surface area contributed by atoms with Crippen LogP contribution in [-0.4, -0.2) is 38.1 Å². The summed E-state index contributed by atoms with van der Waals surface area (Å²) in [5.41, 5.74) is 0.552. The van der Waals surface area contributed by atoms with Crippen LogP contribution in [-0.2, 0) is 0 Å². The third kappa shape index (κ3) is 5.39. The Morgan fingerprint density at radius 2 is 1.71 bits per heavy atom. The summed E-state index contributed by atoms with van der Waals surface area (Å²) in [5, 5.41) is 3.68. The molecule has 17 heavy (non-hydrogen) atoms. The number of nitrogens with one attached hydrogen (secondary N) is 1. The number of hydrogen-bond donors (Lipinski definition) is 1. The zero-order chi connectivity index (χ0) is 12.6. The van der Waals surface area contributed by atoms with Crippen LogP contribution in [0.15, 0.2) is 0 Å². The second-order valence-electron chi connectivity index (χ2n) is 5.92. The predicted octanol–water partition coefficient (Wildman–Crippen LogP) is 3.28. The smallest absolute Gasteiger partial charge is 0.00470 e. The molecule has 102 valence electrons. The Labute approximate surface area is 108 Å². The molecule has 0 aromatic carbocycles. The summed E-state index contributed by atoms with van der Waals surface area (Å²) in [4.78, 5) is 2.50. The maximum absolute atomic E-state index is 3.68. The van der Waals surface area contributed by atoms with Gasteiger partial charge >= 0.3 is 0 Å². The number of rotatable bonds is 7. The van der Waals surface area contributed by atoms with E-state index >= 15 is 0 Å². The van der Waals surface area contributed by atoms with E-state index in [0.29, 0.717) is 5.41 Å². The lowest BCUT2D eigenvalue weighted by molar-refractivity contribution is 0.150. The van der Waals surface area contributed by atoms with Crippen LogP contribution >= 0.6 is 0 Å². The Morgan fingerprint density at radius 3 is 2.24 bits per heavy atom. The first kappa shape index (κ1) is 15.0. The topological polar surface area (TPSA) is 15.3 Å². The minimum atomic E-state index is 0.552. The zero-order valence-electron chi connectivity index (χ0n) is 12.2. The molecule has 1 aliphatic rings. The summed E-state index contributed by atoms with van der Waals surface area (Å²) in [6.45, 7) is 9.38. The molecule has 1 rings (SSSR count). The van der Waals surface area contributed by atoms with Crippen LogP contribution in [0.25, 0.3) is 0 Å². The van der Waals surface area contributed by atoms with Crippen LogP contribution < -0.4 is 5.32 Å². The summed E-state index contributed by atoms with van der Waals surface area (Å²) < 4.78 is 0. The second-order valence-corrected chi connectivity index (χ2v) is 5.92. The van der Waals surface area contributed by atoms with Crippen molar-refractivity contribution in [3.05, 3.63) is 0 Å². The van der Waals surface area contributed by atoms with E-state index in [1.807, 2.05) is 0 Å². The van der Waals surface area contributed by atoms with E-state index in [-0.39, 0.29) is 0 Å². The van der Waals surface area contributed by atoms with Crippen molar-refractivity contribution in [1.29, 1.82) is 0 Å². The second kappa shape index (κ2) is 8.10. The van der Waals surface area contributed by atoms with E-state index in [0.717, 1.165) is 0 Å². The molecule has 0 atom stereocenters. The highest BCUT2D eigenvalue weighted by Crippen LogP contribution is 2.35. The quantitative estimate of drug-likeness (QED) is 0.543. The predicted molar refractivity (Wildman–Crippen MR) is 76.5 cm³/mol. The lowest BCUT2D eigenvalue weighted by Gasteiger charge is -2.36. The van der Waals surface area contributed by atoms with Gasteiger partial charge in [0.2, 0.25) is 0 Å². The van der Waals surface area contributed by atoms with Gasteiger partial charge in [-0.05, 0) is 44.8 Å². The van der Waals surface area contributed by atoms with Crippen molar-refractivity contribution in [2.75, 3.05) is 33.2 Å². The first-order valence-electron chi connectivity index (χ1n) is 7.62. The maximum atomic E-state index is 3.68. The van der Waals surface area contributed by atoms with E-state index in [2.05, 4.69) is 31.1 Å². The Kier molecular flexibility index (Phi) is 7.14. The molecule has 0 aliphatic heterocycles. The molecule has 1 fully saturated rings. The van der Waals surface area contributed by atoms with Crippen molar-refractivity contribution in [3.63, 3.8) is 0 Å². The largest absolute Gasteiger partial charge is 0.316 e. The van der Waals surface area contributed by atoms with Crippen LogP contribution in [0.2, 0.25) is 0 Å². The van der Waals surface area contributed by atoms with Gasteiger partial charge in [0.25, 0.3) is 0 Å². The summed E-state index contributed by atoms with van der Waals surface area (Å²) in [7, 11) is 2.27. The molecule has 0 unspecified atom stereocenters. The highest BCUT2D eigenvalue weighted by Gasteiger charge is 2.31. The van der Waals surface area contributed by atoms with Gasteiger partial charge < -0.3 is 10.2 Å². The molecule has 2 heteroatoms. The summed E-state index contributed by atoms with van der Waals surface area (Å²) in [6.07, 6.45) is 9.87. The van der Waals surface area contributed by atoms with Gasteiger partial charge in [0.1, 0.15) is 0 Å². The molecular weight excluding hydrogens is 208 g/mol. The van der Waals surface area contributed by atoms with Crippen molar-refractivity contribution in [1.82, 2.24) is 10.2 Å². The highest BCUT2D eigenvalue weighted by molar-refractivity contribution is 4.86. The first-order chi connectivity index (χ1) is 8.22. The minimum Gasteiger partial charge on any atom is -0.316 e. The molecule has 0 amide bonds. The highest BCUT2D eigenvalue weighted by atomic mass is 15.1. The Hall–Kier alpha value is -0.0800. The van der Waals surface area contributed by atoms with Gasteiger partial charge in [-0.25, -0.2) is 0 Å². The molecule has 1 saturated carbocycles. The Balaban J connectivity index is 2.53. The number of hydrogen-bond acceptors (Lipinski definition) is 2. The zero-order valence-corrected chi connectivity index (χ0v) is 12.2. The lowest BCUT2D eigenvalue weighted by Crippen LogP contribution is -2.43. The van der Waals surface area contributed by atoms with Gasteiger partial charge in [-0.2, -0.15) is 0 Å².